The number of aliphatic carboxylic acids is 1. The number of aryl methyl sites for hydroxylation is 3. The summed E-state index contributed by atoms with van der Waals surface area (Å²) in [6.45, 7) is 6.64. The van der Waals surface area contributed by atoms with Crippen molar-refractivity contribution in [3.63, 3.8) is 0 Å². The zero-order valence-corrected chi connectivity index (χ0v) is 24.7. The number of methoxy groups -OCH3 is 1. The summed E-state index contributed by atoms with van der Waals surface area (Å²) in [5.74, 6) is 0.0422. The molecule has 8 nitrogen and oxygen atoms in total. The van der Waals surface area contributed by atoms with Crippen molar-refractivity contribution in [2.24, 2.45) is 0 Å². The molecule has 0 saturated carbocycles. The number of anilines is 1. The second kappa shape index (κ2) is 13.9. The number of ether oxygens (including phenoxy) is 1. The third-order valence-electron chi connectivity index (χ3n) is 7.02. The topological polar surface area (TPSA) is 113 Å². The van der Waals surface area contributed by atoms with Crippen molar-refractivity contribution in [1.82, 2.24) is 14.7 Å². The van der Waals surface area contributed by atoms with Gasteiger partial charge in [0.05, 0.1) is 24.2 Å². The first kappa shape index (κ1) is 29.7. The van der Waals surface area contributed by atoms with Crippen LogP contribution in [-0.4, -0.2) is 39.5 Å². The Morgan fingerprint density at radius 2 is 1.66 bits per heavy atom. The number of rotatable bonds is 13. The molecule has 3 N–H and O–H groups in total. The Labute approximate surface area is 245 Å². The van der Waals surface area contributed by atoms with Crippen LogP contribution in [0.5, 0.6) is 5.75 Å². The van der Waals surface area contributed by atoms with E-state index >= 15 is 0 Å². The molecule has 4 aromatic rings. The summed E-state index contributed by atoms with van der Waals surface area (Å²) >= 11 is 1.40. The highest BCUT2D eigenvalue weighted by atomic mass is 32.1. The summed E-state index contributed by atoms with van der Waals surface area (Å²) in [4.78, 5) is 30.8. The maximum atomic E-state index is 13.3. The van der Waals surface area contributed by atoms with Gasteiger partial charge in [0.2, 0.25) is 0 Å². The molecular weight excluding hydrogens is 536 g/mol. The molecule has 0 aliphatic heterocycles. The van der Waals surface area contributed by atoms with Gasteiger partial charge in [0.15, 0.2) is 0 Å². The maximum Gasteiger partial charge on any atom is 0.326 e. The summed E-state index contributed by atoms with van der Waals surface area (Å²) in [6, 6.07) is 16.4. The van der Waals surface area contributed by atoms with Crippen molar-refractivity contribution in [1.29, 1.82) is 0 Å². The van der Waals surface area contributed by atoms with E-state index in [2.05, 4.69) is 39.0 Å². The van der Waals surface area contributed by atoms with Crippen molar-refractivity contribution < 1.29 is 19.4 Å². The number of hydrogen-bond donors (Lipinski definition) is 3. The van der Waals surface area contributed by atoms with Crippen molar-refractivity contribution in [2.75, 3.05) is 12.4 Å². The Morgan fingerprint density at radius 1 is 0.951 bits per heavy atom. The molecule has 41 heavy (non-hydrogen) atoms. The SMILES string of the molecule is CCc1cc(CC)c(C(=O)NC(Cc2ccc(-c3cc(CNc4cc(OC)ccn4)ns3)cc2)C(=O)O)c(CC)c1. The van der Waals surface area contributed by atoms with Crippen molar-refractivity contribution in [3.8, 4) is 16.2 Å². The highest BCUT2D eigenvalue weighted by Crippen LogP contribution is 2.26. The van der Waals surface area contributed by atoms with Gasteiger partial charge in [0, 0.05) is 24.2 Å². The van der Waals surface area contributed by atoms with E-state index in [-0.39, 0.29) is 12.3 Å². The summed E-state index contributed by atoms with van der Waals surface area (Å²) < 4.78 is 9.77. The predicted octanol–water partition coefficient (Wildman–Crippen LogP) is 5.94. The molecule has 0 radical (unpaired) electrons. The van der Waals surface area contributed by atoms with Crippen molar-refractivity contribution >= 4 is 29.2 Å². The highest BCUT2D eigenvalue weighted by Gasteiger charge is 2.24. The second-order valence-electron chi connectivity index (χ2n) is 9.73. The van der Waals surface area contributed by atoms with E-state index in [4.69, 9.17) is 4.74 Å². The van der Waals surface area contributed by atoms with Crippen LogP contribution in [0.4, 0.5) is 5.82 Å². The van der Waals surface area contributed by atoms with Gasteiger partial charge in [-0.2, -0.15) is 4.37 Å². The first-order chi connectivity index (χ1) is 19.8. The molecule has 214 valence electrons. The molecule has 0 aliphatic carbocycles. The average molecular weight is 573 g/mol. The zero-order valence-electron chi connectivity index (χ0n) is 23.9. The van der Waals surface area contributed by atoms with Gasteiger partial charge in [-0.25, -0.2) is 9.78 Å². The summed E-state index contributed by atoms with van der Waals surface area (Å²) in [7, 11) is 1.62. The number of carboxylic acid groups (broad SMARTS) is 1. The van der Waals surface area contributed by atoms with Crippen molar-refractivity contribution in [2.45, 2.75) is 59.0 Å². The van der Waals surface area contributed by atoms with Gasteiger partial charge in [-0.1, -0.05) is 57.2 Å². The molecule has 1 amide bonds. The highest BCUT2D eigenvalue weighted by molar-refractivity contribution is 7.09. The first-order valence-corrected chi connectivity index (χ1v) is 14.6. The van der Waals surface area contributed by atoms with E-state index in [1.807, 2.05) is 50.2 Å². The summed E-state index contributed by atoms with van der Waals surface area (Å²) in [6.07, 6.45) is 4.16. The molecule has 2 aromatic carbocycles. The van der Waals surface area contributed by atoms with Crippen LogP contribution in [0.2, 0.25) is 0 Å². The van der Waals surface area contributed by atoms with E-state index in [9.17, 15) is 14.7 Å². The summed E-state index contributed by atoms with van der Waals surface area (Å²) in [5, 5.41) is 16.0. The van der Waals surface area contributed by atoms with Crippen molar-refractivity contribution in [3.05, 3.63) is 94.3 Å². The molecule has 9 heteroatoms. The number of pyridine rings is 1. The Morgan fingerprint density at radius 3 is 2.27 bits per heavy atom. The van der Waals surface area contributed by atoms with E-state index in [1.165, 1.54) is 17.1 Å². The fraction of sp³-hybridized carbons (Fsp3) is 0.312. The summed E-state index contributed by atoms with van der Waals surface area (Å²) in [5.41, 5.74) is 6.39. The number of aromatic nitrogens is 2. The number of carbonyl (C=O) groups is 2. The lowest BCUT2D eigenvalue weighted by atomic mass is 9.92. The predicted molar refractivity (Wildman–Crippen MR) is 163 cm³/mol. The Bertz CT molecular complexity index is 1470. The molecular formula is C32H36N4O4S. The minimum atomic E-state index is -1.06. The molecule has 0 spiro atoms. The minimum Gasteiger partial charge on any atom is -0.497 e. The van der Waals surface area contributed by atoms with E-state index in [0.29, 0.717) is 30.8 Å². The molecule has 2 aromatic heterocycles. The van der Waals surface area contributed by atoms with Crippen LogP contribution in [0.3, 0.4) is 0 Å². The smallest absolute Gasteiger partial charge is 0.326 e. The Kier molecular flexibility index (Phi) is 10.1. The van der Waals surface area contributed by atoms with E-state index in [1.54, 1.807) is 19.4 Å². The number of amides is 1. The standard InChI is InChI=1S/C32H36N4O4S/c1-5-20-14-22(6-2)30(23(7-3)15-20)31(37)35-27(32(38)39)16-21-8-10-24(11-9-21)28-17-25(36-41-28)19-34-29-18-26(40-4)12-13-33-29/h8-15,17-18,27H,5-7,16,19H2,1-4H3,(H,33,34)(H,35,37)(H,38,39). The third kappa shape index (κ3) is 7.49. The van der Waals surface area contributed by atoms with E-state index in [0.717, 1.165) is 45.0 Å². The van der Waals surface area contributed by atoms with Gasteiger partial charge >= 0.3 is 5.97 Å². The maximum absolute atomic E-state index is 13.3. The van der Waals surface area contributed by atoms with Gasteiger partial charge < -0.3 is 20.5 Å². The fourth-order valence-electron chi connectivity index (χ4n) is 4.71. The average Bonchev–Trinajstić information content (AvgIpc) is 3.48. The molecule has 2 heterocycles. The van der Waals surface area contributed by atoms with Crippen LogP contribution in [0.1, 0.15) is 59.1 Å². The molecule has 0 fully saturated rings. The first-order valence-electron chi connectivity index (χ1n) is 13.8. The van der Waals surface area contributed by atoms with Crippen LogP contribution < -0.4 is 15.4 Å². The van der Waals surface area contributed by atoms with Crippen LogP contribution >= 0.6 is 11.5 Å². The molecule has 0 saturated heterocycles. The molecule has 1 atom stereocenters. The third-order valence-corrected chi connectivity index (χ3v) is 7.89. The largest absolute Gasteiger partial charge is 0.497 e. The van der Waals surface area contributed by atoms with Crippen LogP contribution in [-0.2, 0) is 37.0 Å². The number of carbonyl (C=O) groups excluding carboxylic acids is 1. The van der Waals surface area contributed by atoms with Crippen LogP contribution in [0, 0.1) is 0 Å². The lowest BCUT2D eigenvalue weighted by Gasteiger charge is -2.19. The molecule has 0 bridgehead atoms. The lowest BCUT2D eigenvalue weighted by Crippen LogP contribution is -2.43. The lowest BCUT2D eigenvalue weighted by molar-refractivity contribution is -0.139. The van der Waals surface area contributed by atoms with E-state index < -0.39 is 12.0 Å². The monoisotopic (exact) mass is 572 g/mol. The normalized spacial score (nSPS) is 11.6. The Balaban J connectivity index is 1.42. The van der Waals surface area contributed by atoms with Gasteiger partial charge in [-0.3, -0.25) is 4.79 Å². The second-order valence-corrected chi connectivity index (χ2v) is 10.5. The minimum absolute atomic E-state index is 0.183. The van der Waals surface area contributed by atoms with Crippen LogP contribution in [0.15, 0.2) is 60.8 Å². The van der Waals surface area contributed by atoms with Crippen LogP contribution in [0.25, 0.3) is 10.4 Å². The molecule has 4 rings (SSSR count). The van der Waals surface area contributed by atoms with Gasteiger partial charge in [-0.15, -0.1) is 0 Å². The molecule has 1 unspecified atom stereocenters. The zero-order chi connectivity index (χ0) is 29.4. The quantitative estimate of drug-likeness (QED) is 0.182. The van der Waals surface area contributed by atoms with Gasteiger partial charge in [0.25, 0.3) is 5.91 Å². The fourth-order valence-corrected chi connectivity index (χ4v) is 5.47. The number of hydrogen-bond acceptors (Lipinski definition) is 7. The van der Waals surface area contributed by atoms with Gasteiger partial charge in [-0.05, 0) is 70.7 Å². The molecule has 0 aliphatic rings. The number of nitrogens with zero attached hydrogens (tertiary/aromatic N) is 2. The Hall–Kier alpha value is -4.24. The van der Waals surface area contributed by atoms with Gasteiger partial charge in [0.1, 0.15) is 17.6 Å². The number of carboxylic acids is 1. The number of nitrogens with one attached hydrogen (secondary N) is 2. The number of benzene rings is 2.